The van der Waals surface area contributed by atoms with Gasteiger partial charge in [0.1, 0.15) is 5.82 Å². The highest BCUT2D eigenvalue weighted by Crippen LogP contribution is 2.24. The van der Waals surface area contributed by atoms with Gasteiger partial charge in [0.15, 0.2) is 0 Å². The van der Waals surface area contributed by atoms with Crippen LogP contribution in [0.3, 0.4) is 0 Å². The van der Waals surface area contributed by atoms with Crippen LogP contribution in [0.25, 0.3) is 11.3 Å². The molecule has 2 aromatic rings. The third-order valence-corrected chi connectivity index (χ3v) is 2.66. The lowest BCUT2D eigenvalue weighted by Crippen LogP contribution is -2.14. The van der Waals surface area contributed by atoms with Gasteiger partial charge in [0.25, 0.3) is 0 Å². The first-order chi connectivity index (χ1) is 8.85. The minimum atomic E-state index is 0.587. The van der Waals surface area contributed by atoms with E-state index in [1.807, 2.05) is 24.4 Å². The van der Waals surface area contributed by atoms with E-state index in [4.69, 9.17) is 5.73 Å². The lowest BCUT2D eigenvalue weighted by atomic mass is 10.1. The average Bonchev–Trinajstić information content (AvgIpc) is 2.46. The molecular weight excluding hydrogens is 224 g/mol. The highest BCUT2D eigenvalue weighted by atomic mass is 15.0. The lowest BCUT2D eigenvalue weighted by Gasteiger charge is -2.11. The molecule has 3 N–H and O–H groups in total. The van der Waals surface area contributed by atoms with E-state index >= 15 is 0 Å². The van der Waals surface area contributed by atoms with Gasteiger partial charge in [-0.1, -0.05) is 37.3 Å². The van der Waals surface area contributed by atoms with Crippen LogP contribution in [0.1, 0.15) is 12.7 Å². The Morgan fingerprint density at radius 2 is 2.00 bits per heavy atom. The molecule has 4 nitrogen and oxygen atoms in total. The molecule has 94 valence electrons. The van der Waals surface area contributed by atoms with E-state index in [1.165, 1.54) is 0 Å². The van der Waals surface area contributed by atoms with E-state index in [1.54, 1.807) is 0 Å². The number of anilines is 1. The second kappa shape index (κ2) is 6.12. The van der Waals surface area contributed by atoms with Crippen LogP contribution in [-0.2, 0) is 6.42 Å². The van der Waals surface area contributed by atoms with Gasteiger partial charge in [0.2, 0.25) is 0 Å². The number of benzene rings is 1. The zero-order valence-corrected chi connectivity index (χ0v) is 10.6. The van der Waals surface area contributed by atoms with Crippen molar-refractivity contribution in [2.45, 2.75) is 13.3 Å². The number of rotatable bonds is 5. The van der Waals surface area contributed by atoms with Gasteiger partial charge in [0, 0.05) is 25.1 Å². The van der Waals surface area contributed by atoms with Crippen LogP contribution in [0.4, 0.5) is 5.69 Å². The monoisotopic (exact) mass is 242 g/mol. The van der Waals surface area contributed by atoms with Crippen molar-refractivity contribution in [2.24, 2.45) is 5.73 Å². The van der Waals surface area contributed by atoms with Crippen LogP contribution < -0.4 is 11.1 Å². The summed E-state index contributed by atoms with van der Waals surface area (Å²) in [5.41, 5.74) is 8.48. The van der Waals surface area contributed by atoms with Crippen molar-refractivity contribution >= 4 is 5.69 Å². The molecule has 0 aliphatic rings. The van der Waals surface area contributed by atoms with E-state index in [9.17, 15) is 0 Å². The van der Waals surface area contributed by atoms with Gasteiger partial charge >= 0.3 is 0 Å². The van der Waals surface area contributed by atoms with Crippen LogP contribution in [0.15, 0.2) is 36.5 Å². The molecule has 0 unspecified atom stereocenters. The molecule has 0 saturated heterocycles. The van der Waals surface area contributed by atoms with Gasteiger partial charge in [-0.3, -0.25) is 0 Å². The zero-order valence-electron chi connectivity index (χ0n) is 10.6. The van der Waals surface area contributed by atoms with Crippen LogP contribution in [0.5, 0.6) is 0 Å². The van der Waals surface area contributed by atoms with Crippen molar-refractivity contribution in [3.8, 4) is 11.3 Å². The summed E-state index contributed by atoms with van der Waals surface area (Å²) in [6, 6.07) is 10.1. The molecule has 0 aliphatic heterocycles. The number of aryl methyl sites for hydroxylation is 1. The molecule has 0 aliphatic carbocycles. The fourth-order valence-electron chi connectivity index (χ4n) is 1.74. The number of nitrogens with two attached hydrogens (primary N) is 1. The minimum absolute atomic E-state index is 0.587. The largest absolute Gasteiger partial charge is 0.381 e. The van der Waals surface area contributed by atoms with Crippen molar-refractivity contribution < 1.29 is 0 Å². The lowest BCUT2D eigenvalue weighted by molar-refractivity contribution is 0.937. The Labute approximate surface area is 107 Å². The first kappa shape index (κ1) is 12.5. The topological polar surface area (TPSA) is 63.8 Å². The smallest absolute Gasteiger partial charge is 0.128 e. The van der Waals surface area contributed by atoms with Crippen LogP contribution in [-0.4, -0.2) is 23.1 Å². The van der Waals surface area contributed by atoms with E-state index in [2.05, 4.69) is 34.3 Å². The van der Waals surface area contributed by atoms with Gasteiger partial charge in [-0.2, -0.15) is 0 Å². The summed E-state index contributed by atoms with van der Waals surface area (Å²) in [6.07, 6.45) is 2.67. The van der Waals surface area contributed by atoms with Crippen molar-refractivity contribution in [2.75, 3.05) is 18.4 Å². The fourth-order valence-corrected chi connectivity index (χ4v) is 1.74. The van der Waals surface area contributed by atoms with E-state index in [-0.39, 0.29) is 0 Å². The Kier molecular flexibility index (Phi) is 4.25. The summed E-state index contributed by atoms with van der Waals surface area (Å²) in [7, 11) is 0. The first-order valence-corrected chi connectivity index (χ1v) is 6.20. The third-order valence-electron chi connectivity index (χ3n) is 2.66. The molecule has 4 heteroatoms. The van der Waals surface area contributed by atoms with Gasteiger partial charge in [-0.25, -0.2) is 9.97 Å². The Hall–Kier alpha value is -1.94. The van der Waals surface area contributed by atoms with Gasteiger partial charge in [-0.05, 0) is 0 Å². The second-order valence-corrected chi connectivity index (χ2v) is 3.98. The number of aromatic nitrogens is 2. The van der Waals surface area contributed by atoms with Gasteiger partial charge in [0.05, 0.1) is 17.6 Å². The van der Waals surface area contributed by atoms with Crippen molar-refractivity contribution in [3.63, 3.8) is 0 Å². The molecule has 0 radical (unpaired) electrons. The molecule has 0 fully saturated rings. The van der Waals surface area contributed by atoms with Gasteiger partial charge < -0.3 is 11.1 Å². The number of nitrogens with zero attached hydrogens (tertiary/aromatic N) is 2. The Morgan fingerprint density at radius 3 is 2.67 bits per heavy atom. The molecule has 0 amide bonds. The number of hydrogen-bond donors (Lipinski definition) is 2. The Balaban J connectivity index is 2.41. The molecule has 1 aromatic heterocycles. The summed E-state index contributed by atoms with van der Waals surface area (Å²) in [5.74, 6) is 0.854. The number of hydrogen-bond acceptors (Lipinski definition) is 4. The summed E-state index contributed by atoms with van der Waals surface area (Å²) in [5, 5.41) is 3.26. The highest BCUT2D eigenvalue weighted by molar-refractivity contribution is 5.73. The molecular formula is C14H18N4. The molecule has 0 bridgehead atoms. The predicted molar refractivity (Wildman–Crippen MR) is 74.4 cm³/mol. The normalized spacial score (nSPS) is 10.3. The van der Waals surface area contributed by atoms with E-state index in [0.717, 1.165) is 29.2 Å². The highest BCUT2D eigenvalue weighted by Gasteiger charge is 2.08. The SMILES string of the molecule is CCc1ncc(NCCN)c(-c2ccccc2)n1. The fraction of sp³-hybridized carbons (Fsp3) is 0.286. The molecule has 0 spiro atoms. The quantitative estimate of drug-likeness (QED) is 0.842. The van der Waals surface area contributed by atoms with Crippen molar-refractivity contribution in [3.05, 3.63) is 42.4 Å². The maximum absolute atomic E-state index is 5.52. The molecule has 0 atom stereocenters. The zero-order chi connectivity index (χ0) is 12.8. The summed E-state index contributed by atoms with van der Waals surface area (Å²) < 4.78 is 0. The molecule has 2 rings (SSSR count). The van der Waals surface area contributed by atoms with Gasteiger partial charge in [-0.15, -0.1) is 0 Å². The van der Waals surface area contributed by atoms with E-state index in [0.29, 0.717) is 13.1 Å². The maximum atomic E-state index is 5.52. The van der Waals surface area contributed by atoms with E-state index < -0.39 is 0 Å². The first-order valence-electron chi connectivity index (χ1n) is 6.20. The Morgan fingerprint density at radius 1 is 1.22 bits per heavy atom. The Bertz CT molecular complexity index is 496. The van der Waals surface area contributed by atoms with Crippen LogP contribution in [0, 0.1) is 0 Å². The summed E-state index contributed by atoms with van der Waals surface area (Å²) in [6.45, 7) is 3.36. The van der Waals surface area contributed by atoms with Crippen LogP contribution >= 0.6 is 0 Å². The average molecular weight is 242 g/mol. The minimum Gasteiger partial charge on any atom is -0.381 e. The molecule has 1 heterocycles. The number of nitrogens with one attached hydrogen (secondary N) is 1. The van der Waals surface area contributed by atoms with Crippen molar-refractivity contribution in [1.29, 1.82) is 0 Å². The molecule has 18 heavy (non-hydrogen) atoms. The second-order valence-electron chi connectivity index (χ2n) is 3.98. The molecule has 0 saturated carbocycles. The predicted octanol–water partition coefficient (Wildman–Crippen LogP) is 2.08. The van der Waals surface area contributed by atoms with Crippen LogP contribution in [0.2, 0.25) is 0 Å². The summed E-state index contributed by atoms with van der Waals surface area (Å²) in [4.78, 5) is 8.92. The maximum Gasteiger partial charge on any atom is 0.128 e. The molecule has 1 aromatic carbocycles. The van der Waals surface area contributed by atoms with Crippen molar-refractivity contribution in [1.82, 2.24) is 9.97 Å². The standard InChI is InChI=1S/C14H18N4/c1-2-13-17-10-12(16-9-8-15)14(18-13)11-6-4-3-5-7-11/h3-7,10,16H,2,8-9,15H2,1H3. The third kappa shape index (κ3) is 2.84. The summed E-state index contributed by atoms with van der Waals surface area (Å²) >= 11 is 0.